The van der Waals surface area contributed by atoms with E-state index in [2.05, 4.69) is 26.0 Å². The molecule has 4 nitrogen and oxygen atoms in total. The standard InChI is InChI=1S/C14H13BrN4S/c1-8-17-7-11(20-8)13-12(14(16)19(2)18-13)9-5-3-4-6-10(9)15/h3-7H,16H2,1-2H3. The fourth-order valence-corrected chi connectivity index (χ4v) is 3.36. The predicted molar refractivity (Wildman–Crippen MR) is 86.6 cm³/mol. The molecule has 0 spiro atoms. The van der Waals surface area contributed by atoms with Crippen molar-refractivity contribution in [2.45, 2.75) is 6.92 Å². The number of rotatable bonds is 2. The van der Waals surface area contributed by atoms with Gasteiger partial charge in [0.25, 0.3) is 0 Å². The second-order valence-corrected chi connectivity index (χ2v) is 6.54. The van der Waals surface area contributed by atoms with Gasteiger partial charge in [-0.2, -0.15) is 5.10 Å². The van der Waals surface area contributed by atoms with Crippen molar-refractivity contribution in [1.82, 2.24) is 14.8 Å². The number of hydrogen-bond donors (Lipinski definition) is 1. The van der Waals surface area contributed by atoms with Crippen molar-refractivity contribution < 1.29 is 0 Å². The Hall–Kier alpha value is -1.66. The van der Waals surface area contributed by atoms with Gasteiger partial charge in [-0.15, -0.1) is 11.3 Å². The molecule has 0 aliphatic carbocycles. The normalized spacial score (nSPS) is 10.9. The molecule has 0 radical (unpaired) electrons. The van der Waals surface area contributed by atoms with Gasteiger partial charge in [-0.25, -0.2) is 4.98 Å². The average molecular weight is 349 g/mol. The van der Waals surface area contributed by atoms with E-state index < -0.39 is 0 Å². The first-order valence-corrected chi connectivity index (χ1v) is 7.69. The Balaban J connectivity index is 2.28. The van der Waals surface area contributed by atoms with Gasteiger partial charge < -0.3 is 5.73 Å². The van der Waals surface area contributed by atoms with Crippen LogP contribution in [-0.2, 0) is 7.05 Å². The Kier molecular flexibility index (Phi) is 3.35. The predicted octanol–water partition coefficient (Wildman–Crippen LogP) is 3.86. The van der Waals surface area contributed by atoms with Crippen LogP contribution in [0, 0.1) is 6.92 Å². The van der Waals surface area contributed by atoms with E-state index >= 15 is 0 Å². The summed E-state index contributed by atoms with van der Waals surface area (Å²) in [5.74, 6) is 0.651. The lowest BCUT2D eigenvalue weighted by atomic mass is 10.1. The summed E-state index contributed by atoms with van der Waals surface area (Å²) in [6.07, 6.45) is 1.85. The zero-order valence-corrected chi connectivity index (χ0v) is 13.5. The minimum Gasteiger partial charge on any atom is -0.383 e. The van der Waals surface area contributed by atoms with E-state index in [4.69, 9.17) is 5.73 Å². The van der Waals surface area contributed by atoms with Gasteiger partial charge in [0.15, 0.2) is 0 Å². The summed E-state index contributed by atoms with van der Waals surface area (Å²) in [4.78, 5) is 5.33. The summed E-state index contributed by atoms with van der Waals surface area (Å²) in [6, 6.07) is 8.02. The fourth-order valence-electron chi connectivity index (χ4n) is 2.11. The molecule has 0 saturated carbocycles. The minimum atomic E-state index is 0.651. The maximum atomic E-state index is 6.21. The van der Waals surface area contributed by atoms with Gasteiger partial charge in [0, 0.05) is 23.3 Å². The number of hydrogen-bond acceptors (Lipinski definition) is 4. The van der Waals surface area contributed by atoms with E-state index in [-0.39, 0.29) is 0 Å². The van der Waals surface area contributed by atoms with Gasteiger partial charge in [0.05, 0.1) is 15.4 Å². The third-order valence-electron chi connectivity index (χ3n) is 3.09. The number of nitrogens with two attached hydrogens (primary N) is 1. The molecule has 1 aromatic carbocycles. The Morgan fingerprint density at radius 1 is 1.30 bits per heavy atom. The van der Waals surface area contributed by atoms with E-state index in [0.717, 1.165) is 31.2 Å². The highest BCUT2D eigenvalue weighted by Gasteiger charge is 2.20. The molecule has 0 amide bonds. The monoisotopic (exact) mass is 348 g/mol. The number of aryl methyl sites for hydroxylation is 2. The summed E-state index contributed by atoms with van der Waals surface area (Å²) < 4.78 is 2.71. The van der Waals surface area contributed by atoms with Crippen molar-refractivity contribution in [3.8, 4) is 21.7 Å². The highest BCUT2D eigenvalue weighted by atomic mass is 79.9. The summed E-state index contributed by atoms with van der Waals surface area (Å²) in [6.45, 7) is 1.98. The van der Waals surface area contributed by atoms with Crippen molar-refractivity contribution in [1.29, 1.82) is 0 Å². The SMILES string of the molecule is Cc1ncc(-c2nn(C)c(N)c2-c2ccccc2Br)s1. The van der Waals surface area contributed by atoms with Crippen molar-refractivity contribution in [2.24, 2.45) is 7.05 Å². The summed E-state index contributed by atoms with van der Waals surface area (Å²) in [5, 5.41) is 5.57. The summed E-state index contributed by atoms with van der Waals surface area (Å²) in [7, 11) is 1.85. The van der Waals surface area contributed by atoms with Crippen molar-refractivity contribution in [3.05, 3.63) is 39.9 Å². The van der Waals surface area contributed by atoms with E-state index in [1.54, 1.807) is 16.0 Å². The Labute approximate surface area is 129 Å². The number of halogens is 1. The first-order valence-electron chi connectivity index (χ1n) is 6.08. The molecule has 2 N–H and O–H groups in total. The van der Waals surface area contributed by atoms with Crippen LogP contribution in [0.15, 0.2) is 34.9 Å². The van der Waals surface area contributed by atoms with Crippen molar-refractivity contribution >= 4 is 33.1 Å². The van der Waals surface area contributed by atoms with Crippen LogP contribution in [0.5, 0.6) is 0 Å². The number of aromatic nitrogens is 3. The van der Waals surface area contributed by atoms with Crippen LogP contribution in [0.2, 0.25) is 0 Å². The Morgan fingerprint density at radius 2 is 2.05 bits per heavy atom. The first kappa shape index (κ1) is 13.3. The van der Waals surface area contributed by atoms with Crippen molar-refractivity contribution in [2.75, 3.05) is 5.73 Å². The van der Waals surface area contributed by atoms with Crippen LogP contribution < -0.4 is 5.73 Å². The molecule has 102 valence electrons. The summed E-state index contributed by atoms with van der Waals surface area (Å²) >= 11 is 5.20. The molecule has 0 unspecified atom stereocenters. The number of nitrogen functional groups attached to an aromatic ring is 1. The molecule has 0 fully saturated rings. The van der Waals surface area contributed by atoms with Crippen LogP contribution in [0.4, 0.5) is 5.82 Å². The maximum Gasteiger partial charge on any atom is 0.129 e. The third kappa shape index (κ3) is 2.14. The number of benzene rings is 1. The lowest BCUT2D eigenvalue weighted by molar-refractivity contribution is 0.783. The molecule has 20 heavy (non-hydrogen) atoms. The molecule has 0 aliphatic heterocycles. The molecule has 0 bridgehead atoms. The van der Waals surface area contributed by atoms with Gasteiger partial charge in [0.2, 0.25) is 0 Å². The highest BCUT2D eigenvalue weighted by Crippen LogP contribution is 2.40. The molecule has 3 rings (SSSR count). The third-order valence-corrected chi connectivity index (χ3v) is 4.70. The van der Waals surface area contributed by atoms with Gasteiger partial charge in [0.1, 0.15) is 11.5 Å². The topological polar surface area (TPSA) is 56.7 Å². The van der Waals surface area contributed by atoms with Gasteiger partial charge >= 0.3 is 0 Å². The van der Waals surface area contributed by atoms with Crippen molar-refractivity contribution in [3.63, 3.8) is 0 Å². The first-order chi connectivity index (χ1) is 9.58. The minimum absolute atomic E-state index is 0.651. The van der Waals surface area contributed by atoms with Crippen LogP contribution in [-0.4, -0.2) is 14.8 Å². The smallest absolute Gasteiger partial charge is 0.129 e. The molecule has 6 heteroatoms. The summed E-state index contributed by atoms with van der Waals surface area (Å²) in [5.41, 5.74) is 9.08. The zero-order chi connectivity index (χ0) is 14.3. The highest BCUT2D eigenvalue weighted by molar-refractivity contribution is 9.10. The molecule has 0 saturated heterocycles. The zero-order valence-electron chi connectivity index (χ0n) is 11.1. The van der Waals surface area contributed by atoms with E-state index in [0.29, 0.717) is 5.82 Å². The molecular formula is C14H13BrN4S. The van der Waals surface area contributed by atoms with E-state index in [9.17, 15) is 0 Å². The lowest BCUT2D eigenvalue weighted by Gasteiger charge is -2.05. The molecule has 2 aromatic heterocycles. The molecule has 3 aromatic rings. The van der Waals surface area contributed by atoms with Gasteiger partial charge in [-0.1, -0.05) is 34.1 Å². The molecule has 0 aliphatic rings. The fraction of sp³-hybridized carbons (Fsp3) is 0.143. The largest absolute Gasteiger partial charge is 0.383 e. The van der Waals surface area contributed by atoms with Crippen LogP contribution in [0.1, 0.15) is 5.01 Å². The van der Waals surface area contributed by atoms with Gasteiger partial charge in [-0.3, -0.25) is 4.68 Å². The number of thiazole rings is 1. The number of nitrogens with zero attached hydrogens (tertiary/aromatic N) is 3. The quantitative estimate of drug-likeness (QED) is 0.764. The molecule has 0 atom stereocenters. The molecule has 2 heterocycles. The lowest BCUT2D eigenvalue weighted by Crippen LogP contribution is -1.98. The Bertz CT molecular complexity index is 775. The van der Waals surface area contributed by atoms with E-state index in [1.165, 1.54) is 0 Å². The van der Waals surface area contributed by atoms with Crippen LogP contribution in [0.25, 0.3) is 21.7 Å². The molecular weight excluding hydrogens is 336 g/mol. The second-order valence-electron chi connectivity index (χ2n) is 4.46. The maximum absolute atomic E-state index is 6.21. The van der Waals surface area contributed by atoms with Crippen LogP contribution in [0.3, 0.4) is 0 Å². The number of anilines is 1. The van der Waals surface area contributed by atoms with E-state index in [1.807, 2.05) is 44.4 Å². The van der Waals surface area contributed by atoms with Gasteiger partial charge in [-0.05, 0) is 13.0 Å². The average Bonchev–Trinajstić information content (AvgIpc) is 2.96. The second kappa shape index (κ2) is 5.03. The Morgan fingerprint density at radius 3 is 2.70 bits per heavy atom. The van der Waals surface area contributed by atoms with Crippen LogP contribution >= 0.6 is 27.3 Å².